The third kappa shape index (κ3) is 3.57. The smallest absolute Gasteiger partial charge is 0.204 e. The van der Waals surface area contributed by atoms with Crippen molar-refractivity contribution >= 4 is 0 Å². The van der Waals surface area contributed by atoms with Crippen molar-refractivity contribution in [3.8, 4) is 28.6 Å². The molecule has 1 fully saturated rings. The highest BCUT2D eigenvalue weighted by atomic mass is 16.5. The number of nitrogens with zero attached hydrogens (tertiary/aromatic N) is 3. The molecule has 0 saturated carbocycles. The second-order valence-corrected chi connectivity index (χ2v) is 6.04. The zero-order valence-electron chi connectivity index (χ0n) is 15.2. The van der Waals surface area contributed by atoms with Crippen LogP contribution in [0, 0.1) is 0 Å². The first kappa shape index (κ1) is 17.6. The Bertz CT molecular complexity index is 716. The number of likely N-dealkylation sites (N-methyl/N-ethyl adjacent to an activating group) is 1. The lowest BCUT2D eigenvalue weighted by molar-refractivity contribution is -0.0272. The van der Waals surface area contributed by atoms with Crippen LogP contribution in [0.3, 0.4) is 0 Å². The minimum atomic E-state index is 0.137. The number of aromatic nitrogens is 2. The van der Waals surface area contributed by atoms with Crippen LogP contribution in [-0.2, 0) is 11.3 Å². The van der Waals surface area contributed by atoms with Gasteiger partial charge in [0, 0.05) is 25.5 Å². The third-order valence-corrected chi connectivity index (χ3v) is 4.40. The Morgan fingerprint density at radius 2 is 1.96 bits per heavy atom. The summed E-state index contributed by atoms with van der Waals surface area (Å²) in [7, 11) is 6.94. The average Bonchev–Trinajstić information content (AvgIpc) is 3.08. The van der Waals surface area contributed by atoms with E-state index in [1.165, 1.54) is 0 Å². The molecule has 136 valence electrons. The van der Waals surface area contributed by atoms with Gasteiger partial charge >= 0.3 is 0 Å². The summed E-state index contributed by atoms with van der Waals surface area (Å²) < 4.78 is 24.4. The second kappa shape index (κ2) is 7.76. The minimum Gasteiger partial charge on any atom is -0.493 e. The molecule has 0 aliphatic carbocycles. The molecule has 0 bridgehead atoms. The fourth-order valence-electron chi connectivity index (χ4n) is 3.17. The lowest BCUT2D eigenvalue weighted by Crippen LogP contribution is -2.41. The topological polar surface area (TPSA) is 58.0 Å². The maximum atomic E-state index is 5.88. The zero-order valence-corrected chi connectivity index (χ0v) is 15.2. The molecule has 25 heavy (non-hydrogen) atoms. The van der Waals surface area contributed by atoms with Crippen LogP contribution in [0.1, 0.15) is 0 Å². The van der Waals surface area contributed by atoms with Gasteiger partial charge in [-0.1, -0.05) is 0 Å². The molecule has 1 aliphatic rings. The summed E-state index contributed by atoms with van der Waals surface area (Å²) in [5.74, 6) is 2.61. The molecular weight excluding hydrogens is 322 g/mol. The first-order valence-electron chi connectivity index (χ1n) is 8.28. The lowest BCUT2D eigenvalue weighted by atomic mass is 10.1. The molecule has 7 heteroatoms. The van der Waals surface area contributed by atoms with Gasteiger partial charge in [0.1, 0.15) is 5.82 Å². The quantitative estimate of drug-likeness (QED) is 0.796. The Morgan fingerprint density at radius 1 is 1.16 bits per heavy atom. The molecule has 2 aromatic rings. The van der Waals surface area contributed by atoms with Crippen molar-refractivity contribution in [2.24, 2.45) is 0 Å². The molecule has 1 aliphatic heterocycles. The van der Waals surface area contributed by atoms with Crippen LogP contribution in [-0.4, -0.2) is 68.6 Å². The van der Waals surface area contributed by atoms with Crippen molar-refractivity contribution in [2.75, 3.05) is 48.1 Å². The van der Waals surface area contributed by atoms with Crippen molar-refractivity contribution < 1.29 is 18.9 Å². The molecule has 1 unspecified atom stereocenters. The van der Waals surface area contributed by atoms with Crippen LogP contribution in [0.25, 0.3) is 11.4 Å². The highest BCUT2D eigenvalue weighted by Gasteiger charge is 2.23. The van der Waals surface area contributed by atoms with Gasteiger partial charge in [-0.2, -0.15) is 0 Å². The van der Waals surface area contributed by atoms with Crippen LogP contribution in [0.4, 0.5) is 0 Å². The van der Waals surface area contributed by atoms with Crippen LogP contribution < -0.4 is 14.2 Å². The molecule has 0 spiro atoms. The predicted molar refractivity (Wildman–Crippen MR) is 94.6 cm³/mol. The zero-order chi connectivity index (χ0) is 17.8. The number of hydrogen-bond donors (Lipinski definition) is 0. The van der Waals surface area contributed by atoms with E-state index in [-0.39, 0.29) is 6.10 Å². The van der Waals surface area contributed by atoms with Crippen molar-refractivity contribution in [2.45, 2.75) is 12.6 Å². The van der Waals surface area contributed by atoms with E-state index in [4.69, 9.17) is 18.9 Å². The Balaban J connectivity index is 1.94. The van der Waals surface area contributed by atoms with Gasteiger partial charge in [-0.05, 0) is 19.2 Å². The summed E-state index contributed by atoms with van der Waals surface area (Å²) in [5.41, 5.74) is 0.856. The third-order valence-electron chi connectivity index (χ3n) is 4.40. The summed E-state index contributed by atoms with van der Waals surface area (Å²) in [6.07, 6.45) is 3.89. The number of morpholine rings is 1. The van der Waals surface area contributed by atoms with Crippen LogP contribution in [0.5, 0.6) is 17.2 Å². The molecule has 0 radical (unpaired) electrons. The number of methoxy groups -OCH3 is 3. The standard InChI is InChI=1S/C18H25N3O4/c1-20-9-10-25-13(11-20)12-21-8-7-19-18(21)14-5-6-15(22-2)17(24-4)16(14)23-3/h5-8,13H,9-12H2,1-4H3. The summed E-state index contributed by atoms with van der Waals surface area (Å²) in [4.78, 5) is 6.81. The SMILES string of the molecule is COc1ccc(-c2nccn2CC2CN(C)CCO2)c(OC)c1OC. The van der Waals surface area contributed by atoms with Gasteiger partial charge in [0.25, 0.3) is 0 Å². The van der Waals surface area contributed by atoms with Crippen LogP contribution >= 0.6 is 0 Å². The maximum absolute atomic E-state index is 5.88. The molecule has 1 saturated heterocycles. The summed E-state index contributed by atoms with van der Waals surface area (Å²) >= 11 is 0. The van der Waals surface area contributed by atoms with Crippen LogP contribution in [0.15, 0.2) is 24.5 Å². The van der Waals surface area contributed by atoms with Crippen LogP contribution in [0.2, 0.25) is 0 Å². The molecule has 1 aromatic carbocycles. The molecule has 3 rings (SSSR count). The van der Waals surface area contributed by atoms with Gasteiger partial charge in [0.15, 0.2) is 11.5 Å². The fourth-order valence-corrected chi connectivity index (χ4v) is 3.17. The number of rotatable bonds is 6. The Kier molecular flexibility index (Phi) is 5.45. The van der Waals surface area contributed by atoms with Gasteiger partial charge in [-0.25, -0.2) is 4.98 Å². The number of ether oxygens (including phenoxy) is 4. The van der Waals surface area contributed by atoms with Crippen molar-refractivity contribution in [1.29, 1.82) is 0 Å². The first-order chi connectivity index (χ1) is 12.2. The molecule has 7 nitrogen and oxygen atoms in total. The molecular formula is C18H25N3O4. The van der Waals surface area contributed by atoms with E-state index in [2.05, 4.69) is 21.5 Å². The van der Waals surface area contributed by atoms with Crippen molar-refractivity contribution in [3.63, 3.8) is 0 Å². The summed E-state index contributed by atoms with van der Waals surface area (Å²) in [5, 5.41) is 0. The normalized spacial score (nSPS) is 18.2. The Labute approximate surface area is 148 Å². The molecule has 2 heterocycles. The summed E-state index contributed by atoms with van der Waals surface area (Å²) in [6.45, 7) is 3.36. The largest absolute Gasteiger partial charge is 0.493 e. The lowest BCUT2D eigenvalue weighted by Gasteiger charge is -2.30. The predicted octanol–water partition coefficient (Wildman–Crippen LogP) is 1.91. The first-order valence-corrected chi connectivity index (χ1v) is 8.28. The van der Waals surface area contributed by atoms with Gasteiger partial charge in [0.2, 0.25) is 5.75 Å². The Hall–Kier alpha value is -2.25. The van der Waals surface area contributed by atoms with E-state index in [9.17, 15) is 0 Å². The highest BCUT2D eigenvalue weighted by Crippen LogP contribution is 2.43. The van der Waals surface area contributed by atoms with Gasteiger partial charge in [-0.3, -0.25) is 0 Å². The second-order valence-electron chi connectivity index (χ2n) is 6.04. The fraction of sp³-hybridized carbons (Fsp3) is 0.500. The van der Waals surface area contributed by atoms with E-state index in [0.29, 0.717) is 17.2 Å². The van der Waals surface area contributed by atoms with E-state index in [1.54, 1.807) is 27.5 Å². The number of benzene rings is 1. The Morgan fingerprint density at radius 3 is 2.64 bits per heavy atom. The monoisotopic (exact) mass is 347 g/mol. The van der Waals surface area contributed by atoms with Crippen molar-refractivity contribution in [1.82, 2.24) is 14.5 Å². The minimum absolute atomic E-state index is 0.137. The van der Waals surface area contributed by atoms with Gasteiger partial charge in [0.05, 0.1) is 46.1 Å². The van der Waals surface area contributed by atoms with E-state index >= 15 is 0 Å². The number of hydrogen-bond acceptors (Lipinski definition) is 6. The van der Waals surface area contributed by atoms with E-state index in [0.717, 1.165) is 37.6 Å². The molecule has 1 aromatic heterocycles. The molecule has 1 atom stereocenters. The summed E-state index contributed by atoms with van der Waals surface area (Å²) in [6, 6.07) is 3.80. The number of imidazole rings is 1. The van der Waals surface area contributed by atoms with Gasteiger partial charge in [-0.15, -0.1) is 0 Å². The average molecular weight is 347 g/mol. The van der Waals surface area contributed by atoms with E-state index < -0.39 is 0 Å². The highest BCUT2D eigenvalue weighted by molar-refractivity contribution is 5.72. The van der Waals surface area contributed by atoms with Crippen molar-refractivity contribution in [3.05, 3.63) is 24.5 Å². The molecule has 0 amide bonds. The van der Waals surface area contributed by atoms with Gasteiger partial charge < -0.3 is 28.4 Å². The van der Waals surface area contributed by atoms with E-state index in [1.807, 2.05) is 18.3 Å². The molecule has 0 N–H and O–H groups in total. The maximum Gasteiger partial charge on any atom is 0.204 e.